The zero-order chi connectivity index (χ0) is 25.5. The SMILES string of the molecule is CCOC(=O)N1CCN(C(=O)c2cc(C(=O)N3CCN(C(=O)OCC)CC3)cc([N+](=O)[O-])c2)CC1. The van der Waals surface area contributed by atoms with E-state index in [2.05, 4.69) is 0 Å². The summed E-state index contributed by atoms with van der Waals surface area (Å²) in [4.78, 5) is 66.8. The number of nitrogens with zero attached hydrogens (tertiary/aromatic N) is 5. The van der Waals surface area contributed by atoms with Gasteiger partial charge in [0, 0.05) is 75.6 Å². The molecule has 1 aromatic carbocycles. The fourth-order valence-corrected chi connectivity index (χ4v) is 3.94. The zero-order valence-corrected chi connectivity index (χ0v) is 19.8. The molecule has 0 bridgehead atoms. The van der Waals surface area contributed by atoms with Gasteiger partial charge in [-0.1, -0.05) is 0 Å². The molecule has 0 N–H and O–H groups in total. The summed E-state index contributed by atoms with van der Waals surface area (Å²) in [5.41, 5.74) is -0.316. The van der Waals surface area contributed by atoms with Crippen molar-refractivity contribution in [3.05, 3.63) is 39.4 Å². The first-order valence-corrected chi connectivity index (χ1v) is 11.5. The maximum atomic E-state index is 13.1. The molecule has 0 aromatic heterocycles. The first kappa shape index (κ1) is 25.7. The predicted octanol–water partition coefficient (Wildman–Crippen LogP) is 1.42. The summed E-state index contributed by atoms with van der Waals surface area (Å²) in [5.74, 6) is -0.920. The van der Waals surface area contributed by atoms with Crippen molar-refractivity contribution >= 4 is 29.7 Å². The van der Waals surface area contributed by atoms with Crippen LogP contribution in [0.2, 0.25) is 0 Å². The number of rotatable bonds is 5. The molecule has 2 heterocycles. The number of hydrogen-bond acceptors (Lipinski definition) is 8. The van der Waals surface area contributed by atoms with E-state index in [0.29, 0.717) is 0 Å². The maximum absolute atomic E-state index is 13.1. The molecular formula is C22H29N5O8. The topological polar surface area (TPSA) is 143 Å². The molecule has 0 saturated carbocycles. The number of amides is 4. The van der Waals surface area contributed by atoms with E-state index < -0.39 is 28.9 Å². The van der Waals surface area contributed by atoms with Crippen LogP contribution >= 0.6 is 0 Å². The molecular weight excluding hydrogens is 462 g/mol. The van der Waals surface area contributed by atoms with Gasteiger partial charge < -0.3 is 29.1 Å². The Hall–Kier alpha value is -3.90. The van der Waals surface area contributed by atoms with Crippen molar-refractivity contribution in [2.75, 3.05) is 65.6 Å². The fourth-order valence-electron chi connectivity index (χ4n) is 3.94. The summed E-state index contributed by atoms with van der Waals surface area (Å²) in [6.07, 6.45) is -0.906. The fraction of sp³-hybridized carbons (Fsp3) is 0.545. The molecule has 2 fully saturated rings. The molecule has 2 aliphatic rings. The Labute approximate surface area is 202 Å². The van der Waals surface area contributed by atoms with E-state index in [1.165, 1.54) is 25.7 Å². The first-order valence-electron chi connectivity index (χ1n) is 11.5. The molecule has 0 unspecified atom stereocenters. The standard InChI is InChI=1S/C22H29N5O8/c1-3-34-21(30)25-9-5-23(6-10-25)19(28)16-13-17(15-18(14-16)27(32)33)20(29)24-7-11-26(12-8-24)22(31)35-4-2/h13-15H,3-12H2,1-2H3. The number of piperazine rings is 2. The van der Waals surface area contributed by atoms with Crippen LogP contribution in [0.5, 0.6) is 0 Å². The van der Waals surface area contributed by atoms with Crippen LogP contribution in [0.15, 0.2) is 18.2 Å². The van der Waals surface area contributed by atoms with Gasteiger partial charge in [-0.2, -0.15) is 0 Å². The quantitative estimate of drug-likeness (QED) is 0.445. The number of non-ortho nitro benzene ring substituents is 1. The monoisotopic (exact) mass is 491 g/mol. The lowest BCUT2D eigenvalue weighted by atomic mass is 10.1. The Morgan fingerprint density at radius 3 is 1.37 bits per heavy atom. The van der Waals surface area contributed by atoms with E-state index in [0.717, 1.165) is 12.1 Å². The lowest BCUT2D eigenvalue weighted by Gasteiger charge is -2.34. The van der Waals surface area contributed by atoms with Crippen molar-refractivity contribution in [2.24, 2.45) is 0 Å². The first-order chi connectivity index (χ1) is 16.7. The van der Waals surface area contributed by atoms with Crippen LogP contribution in [0, 0.1) is 10.1 Å². The third-order valence-corrected chi connectivity index (χ3v) is 5.81. The molecule has 0 atom stereocenters. The highest BCUT2D eigenvalue weighted by Crippen LogP contribution is 2.21. The van der Waals surface area contributed by atoms with E-state index in [1.54, 1.807) is 13.8 Å². The van der Waals surface area contributed by atoms with Gasteiger partial charge in [-0.15, -0.1) is 0 Å². The van der Waals surface area contributed by atoms with Crippen LogP contribution in [0.3, 0.4) is 0 Å². The minimum Gasteiger partial charge on any atom is -0.450 e. The minimum absolute atomic E-state index is 0.0253. The van der Waals surface area contributed by atoms with Crippen LogP contribution in [0.25, 0.3) is 0 Å². The second-order valence-corrected chi connectivity index (χ2v) is 7.98. The maximum Gasteiger partial charge on any atom is 0.409 e. The smallest absolute Gasteiger partial charge is 0.409 e. The van der Waals surface area contributed by atoms with Gasteiger partial charge in [0.15, 0.2) is 0 Å². The molecule has 2 aliphatic heterocycles. The number of nitro groups is 1. The van der Waals surface area contributed by atoms with E-state index >= 15 is 0 Å². The lowest BCUT2D eigenvalue weighted by molar-refractivity contribution is -0.384. The van der Waals surface area contributed by atoms with Crippen LogP contribution in [0.4, 0.5) is 15.3 Å². The van der Waals surface area contributed by atoms with E-state index in [-0.39, 0.29) is 82.4 Å². The van der Waals surface area contributed by atoms with Gasteiger partial charge in [0.2, 0.25) is 0 Å². The van der Waals surface area contributed by atoms with Gasteiger partial charge in [0.25, 0.3) is 17.5 Å². The highest BCUT2D eigenvalue weighted by atomic mass is 16.6. The summed E-state index contributed by atoms with van der Waals surface area (Å²) in [5, 5.41) is 11.5. The van der Waals surface area contributed by atoms with Gasteiger partial charge in [0.1, 0.15) is 0 Å². The van der Waals surface area contributed by atoms with Crippen molar-refractivity contribution in [3.63, 3.8) is 0 Å². The van der Waals surface area contributed by atoms with Crippen molar-refractivity contribution in [1.29, 1.82) is 0 Å². The van der Waals surface area contributed by atoms with Crippen LogP contribution in [-0.2, 0) is 9.47 Å². The van der Waals surface area contributed by atoms with Gasteiger partial charge >= 0.3 is 12.2 Å². The Morgan fingerprint density at radius 1 is 0.714 bits per heavy atom. The molecule has 4 amide bonds. The van der Waals surface area contributed by atoms with E-state index in [9.17, 15) is 29.3 Å². The predicted molar refractivity (Wildman–Crippen MR) is 122 cm³/mol. The average Bonchev–Trinajstić information content (AvgIpc) is 2.88. The van der Waals surface area contributed by atoms with Crippen molar-refractivity contribution in [2.45, 2.75) is 13.8 Å². The summed E-state index contributed by atoms with van der Waals surface area (Å²) in [6.45, 7) is 5.95. The number of benzene rings is 1. The third kappa shape index (κ3) is 6.16. The van der Waals surface area contributed by atoms with Gasteiger partial charge in [0.05, 0.1) is 18.1 Å². The van der Waals surface area contributed by atoms with Gasteiger partial charge in [-0.3, -0.25) is 19.7 Å². The van der Waals surface area contributed by atoms with Crippen molar-refractivity contribution < 1.29 is 33.6 Å². The number of hydrogen-bond donors (Lipinski definition) is 0. The number of nitro benzene ring substituents is 1. The van der Waals surface area contributed by atoms with Gasteiger partial charge in [-0.25, -0.2) is 9.59 Å². The molecule has 0 radical (unpaired) electrons. The highest BCUT2D eigenvalue weighted by molar-refractivity contribution is 6.01. The number of carbonyl (C=O) groups excluding carboxylic acids is 4. The summed E-state index contributed by atoms with van der Waals surface area (Å²) >= 11 is 0. The molecule has 0 aliphatic carbocycles. The molecule has 13 nitrogen and oxygen atoms in total. The second kappa shape index (κ2) is 11.5. The third-order valence-electron chi connectivity index (χ3n) is 5.81. The van der Waals surface area contributed by atoms with E-state index in [4.69, 9.17) is 9.47 Å². The molecule has 0 spiro atoms. The highest BCUT2D eigenvalue weighted by Gasteiger charge is 2.30. The Balaban J connectivity index is 1.71. The minimum atomic E-state index is -0.648. The van der Waals surface area contributed by atoms with Crippen LogP contribution < -0.4 is 0 Å². The van der Waals surface area contributed by atoms with Crippen LogP contribution in [-0.4, -0.2) is 114 Å². The van der Waals surface area contributed by atoms with Crippen molar-refractivity contribution in [1.82, 2.24) is 19.6 Å². The average molecular weight is 492 g/mol. The summed E-state index contributed by atoms with van der Waals surface area (Å²) < 4.78 is 9.95. The lowest BCUT2D eigenvalue weighted by Crippen LogP contribution is -2.51. The number of carbonyl (C=O) groups is 4. The summed E-state index contributed by atoms with van der Waals surface area (Å²) in [7, 11) is 0. The summed E-state index contributed by atoms with van der Waals surface area (Å²) in [6, 6.07) is 3.65. The molecule has 190 valence electrons. The molecule has 3 rings (SSSR count). The molecule has 1 aromatic rings. The molecule has 35 heavy (non-hydrogen) atoms. The molecule has 13 heteroatoms. The van der Waals surface area contributed by atoms with Crippen LogP contribution in [0.1, 0.15) is 34.6 Å². The Kier molecular flexibility index (Phi) is 8.44. The molecule has 2 saturated heterocycles. The second-order valence-electron chi connectivity index (χ2n) is 7.98. The largest absolute Gasteiger partial charge is 0.450 e. The van der Waals surface area contributed by atoms with Crippen molar-refractivity contribution in [3.8, 4) is 0 Å². The van der Waals surface area contributed by atoms with E-state index in [1.807, 2.05) is 0 Å². The zero-order valence-electron chi connectivity index (χ0n) is 19.8. The number of ether oxygens (including phenoxy) is 2. The normalized spacial score (nSPS) is 16.1. The Bertz CT molecular complexity index is 916. The Morgan fingerprint density at radius 2 is 1.06 bits per heavy atom. The van der Waals surface area contributed by atoms with Gasteiger partial charge in [-0.05, 0) is 19.9 Å².